The summed E-state index contributed by atoms with van der Waals surface area (Å²) in [6.45, 7) is -0.759. The number of halogens is 1. The van der Waals surface area contributed by atoms with Crippen LogP contribution in [-0.4, -0.2) is 67.0 Å². The smallest absolute Gasteiger partial charge is 0.410 e. The second-order valence-corrected chi connectivity index (χ2v) is 8.52. The SMILES string of the molecule is O=C(OC(CO[N+](=O)[O-])CO[N+](=O)[O-])N1CC[C@@H](c2ccc(F)cc2)[C@H](COc2ccc3c(c2)OCO3)C1. The van der Waals surface area contributed by atoms with Crippen LogP contribution in [0.4, 0.5) is 9.18 Å². The highest BCUT2D eigenvalue weighted by Crippen LogP contribution is 2.37. The number of fused-ring (bicyclic) bond motifs is 1. The van der Waals surface area contributed by atoms with Crippen molar-refractivity contribution in [3.63, 3.8) is 0 Å². The molecule has 0 N–H and O–H groups in total. The second-order valence-electron chi connectivity index (χ2n) is 8.52. The molecule has 2 aromatic rings. The zero-order valence-corrected chi connectivity index (χ0v) is 19.9. The quantitative estimate of drug-likeness (QED) is 0.306. The number of ether oxygens (including phenoxy) is 4. The van der Waals surface area contributed by atoms with Crippen molar-refractivity contribution in [3.8, 4) is 17.2 Å². The number of carbonyl (C=O) groups is 1. The van der Waals surface area contributed by atoms with Gasteiger partial charge in [-0.1, -0.05) is 12.1 Å². The molecule has 14 nitrogen and oxygen atoms in total. The van der Waals surface area contributed by atoms with E-state index in [-0.39, 0.29) is 44.1 Å². The van der Waals surface area contributed by atoms with Crippen molar-refractivity contribution in [3.05, 3.63) is 74.1 Å². The number of piperidine rings is 1. The fourth-order valence-corrected chi connectivity index (χ4v) is 4.31. The average molecular weight is 537 g/mol. The Morgan fingerprint density at radius 2 is 1.74 bits per heavy atom. The monoisotopic (exact) mass is 537 g/mol. The third kappa shape index (κ3) is 7.02. The summed E-state index contributed by atoms with van der Waals surface area (Å²) in [5.41, 5.74) is 0.871. The van der Waals surface area contributed by atoms with Gasteiger partial charge in [0.25, 0.3) is 10.2 Å². The van der Waals surface area contributed by atoms with E-state index in [0.29, 0.717) is 23.7 Å². The van der Waals surface area contributed by atoms with Crippen LogP contribution in [0.2, 0.25) is 0 Å². The van der Waals surface area contributed by atoms with Gasteiger partial charge >= 0.3 is 6.09 Å². The Hall–Kier alpha value is -4.56. The number of rotatable bonds is 11. The molecule has 38 heavy (non-hydrogen) atoms. The van der Waals surface area contributed by atoms with Crippen molar-refractivity contribution < 1.29 is 48.0 Å². The van der Waals surface area contributed by atoms with Gasteiger partial charge in [-0.15, -0.1) is 20.2 Å². The first-order chi connectivity index (χ1) is 18.3. The van der Waals surface area contributed by atoms with Gasteiger partial charge in [0, 0.05) is 25.1 Å². The number of hydrogen-bond acceptors (Lipinski definition) is 11. The topological polar surface area (TPSA) is 162 Å². The Morgan fingerprint density at radius 3 is 2.42 bits per heavy atom. The molecule has 15 heteroatoms. The van der Waals surface area contributed by atoms with Crippen molar-refractivity contribution in [2.75, 3.05) is 39.7 Å². The summed E-state index contributed by atoms with van der Waals surface area (Å²) in [6, 6.07) is 11.2. The Morgan fingerprint density at radius 1 is 1.05 bits per heavy atom. The molecular formula is C23H24FN3O11. The van der Waals surface area contributed by atoms with Crippen LogP contribution in [0, 0.1) is 32.0 Å². The molecule has 1 fully saturated rings. The molecule has 0 bridgehead atoms. The summed E-state index contributed by atoms with van der Waals surface area (Å²) in [7, 11) is 0. The molecule has 2 aliphatic rings. The van der Waals surface area contributed by atoms with Crippen molar-refractivity contribution in [1.29, 1.82) is 0 Å². The van der Waals surface area contributed by atoms with Crippen molar-refractivity contribution >= 4 is 6.09 Å². The molecule has 1 saturated heterocycles. The molecule has 2 aliphatic heterocycles. The maximum absolute atomic E-state index is 13.5. The summed E-state index contributed by atoms with van der Waals surface area (Å²) in [5.74, 6) is 0.968. The van der Waals surface area contributed by atoms with Crippen molar-refractivity contribution in [1.82, 2.24) is 4.90 Å². The summed E-state index contributed by atoms with van der Waals surface area (Å²) in [6.07, 6.45) is -1.76. The van der Waals surface area contributed by atoms with Crippen LogP contribution in [0.1, 0.15) is 17.9 Å². The van der Waals surface area contributed by atoms with Crippen molar-refractivity contribution in [2.24, 2.45) is 5.92 Å². The van der Waals surface area contributed by atoms with E-state index in [2.05, 4.69) is 9.68 Å². The minimum absolute atomic E-state index is 0.0832. The lowest BCUT2D eigenvalue weighted by atomic mass is 9.81. The zero-order valence-electron chi connectivity index (χ0n) is 19.9. The Balaban J connectivity index is 1.44. The number of carbonyl (C=O) groups excluding carboxylic acids is 1. The lowest BCUT2D eigenvalue weighted by Gasteiger charge is -2.38. The van der Waals surface area contributed by atoms with Crippen LogP contribution >= 0.6 is 0 Å². The summed E-state index contributed by atoms with van der Waals surface area (Å²) >= 11 is 0. The molecule has 0 unspecified atom stereocenters. The maximum Gasteiger partial charge on any atom is 0.410 e. The third-order valence-electron chi connectivity index (χ3n) is 6.10. The van der Waals surface area contributed by atoms with E-state index in [9.17, 15) is 29.4 Å². The molecule has 2 atom stereocenters. The van der Waals surface area contributed by atoms with Gasteiger partial charge in [0.2, 0.25) is 6.79 Å². The highest BCUT2D eigenvalue weighted by Gasteiger charge is 2.35. The molecule has 204 valence electrons. The lowest BCUT2D eigenvalue weighted by Crippen LogP contribution is -2.46. The summed E-state index contributed by atoms with van der Waals surface area (Å²) in [4.78, 5) is 43.7. The number of benzene rings is 2. The van der Waals surface area contributed by atoms with Crippen LogP contribution in [0.3, 0.4) is 0 Å². The summed E-state index contributed by atoms with van der Waals surface area (Å²) < 4.78 is 35.4. The molecular weight excluding hydrogens is 513 g/mol. The van der Waals surface area contributed by atoms with Crippen LogP contribution in [-0.2, 0) is 14.4 Å². The second kappa shape index (κ2) is 12.1. The largest absolute Gasteiger partial charge is 0.493 e. The highest BCUT2D eigenvalue weighted by molar-refractivity contribution is 5.68. The minimum atomic E-state index is -1.39. The fraction of sp³-hybridized carbons (Fsp3) is 0.435. The van der Waals surface area contributed by atoms with E-state index in [1.807, 2.05) is 0 Å². The molecule has 2 aromatic carbocycles. The molecule has 1 amide bonds. The molecule has 0 aliphatic carbocycles. The van der Waals surface area contributed by atoms with Crippen LogP contribution in [0.5, 0.6) is 17.2 Å². The predicted octanol–water partition coefficient (Wildman–Crippen LogP) is 2.96. The van der Waals surface area contributed by atoms with Gasteiger partial charge in [0.15, 0.2) is 17.6 Å². The van der Waals surface area contributed by atoms with Gasteiger partial charge in [-0.05, 0) is 42.2 Å². The van der Waals surface area contributed by atoms with Gasteiger partial charge in [-0.25, -0.2) is 9.18 Å². The lowest BCUT2D eigenvalue weighted by molar-refractivity contribution is -0.768. The number of likely N-dealkylation sites (tertiary alicyclic amines) is 1. The maximum atomic E-state index is 13.5. The summed E-state index contributed by atoms with van der Waals surface area (Å²) in [5, 5.41) is 18.8. The molecule has 4 rings (SSSR count). The van der Waals surface area contributed by atoms with Crippen LogP contribution in [0.25, 0.3) is 0 Å². The molecule has 0 radical (unpaired) electrons. The fourth-order valence-electron chi connectivity index (χ4n) is 4.31. The zero-order chi connectivity index (χ0) is 27.1. The molecule has 2 heterocycles. The van der Waals surface area contributed by atoms with Gasteiger partial charge in [-0.2, -0.15) is 0 Å². The predicted molar refractivity (Wildman–Crippen MR) is 123 cm³/mol. The Bertz CT molecular complexity index is 1130. The van der Waals surface area contributed by atoms with E-state index < -0.39 is 35.6 Å². The van der Waals surface area contributed by atoms with Crippen LogP contribution < -0.4 is 14.2 Å². The van der Waals surface area contributed by atoms with E-state index in [1.54, 1.807) is 30.3 Å². The molecule has 0 saturated carbocycles. The normalized spacial score (nSPS) is 18.1. The first-order valence-electron chi connectivity index (χ1n) is 11.6. The number of nitrogens with zero attached hydrogens (tertiary/aromatic N) is 3. The average Bonchev–Trinajstić information content (AvgIpc) is 3.37. The van der Waals surface area contributed by atoms with E-state index in [4.69, 9.17) is 18.9 Å². The standard InChI is InChI=1S/C23H24FN3O11/c24-17-3-1-15(2-4-17)20-7-8-25(23(28)38-19(12-36-26(29)30)13-37-27(31)32)10-16(20)11-33-18-5-6-21-22(9-18)35-14-34-21/h1-6,9,16,19-20H,7-8,10-14H2/t16-,20-/m0/s1. The molecule has 0 aromatic heterocycles. The van der Waals surface area contributed by atoms with Gasteiger partial charge < -0.3 is 33.5 Å². The van der Waals surface area contributed by atoms with E-state index in [1.165, 1.54) is 17.0 Å². The van der Waals surface area contributed by atoms with E-state index >= 15 is 0 Å². The van der Waals surface area contributed by atoms with Crippen LogP contribution in [0.15, 0.2) is 42.5 Å². The van der Waals surface area contributed by atoms with Gasteiger partial charge in [0.1, 0.15) is 24.8 Å². The number of amides is 1. The van der Waals surface area contributed by atoms with Gasteiger partial charge in [-0.3, -0.25) is 0 Å². The molecule has 0 spiro atoms. The third-order valence-corrected chi connectivity index (χ3v) is 6.10. The Labute approximate surface area is 214 Å². The van der Waals surface area contributed by atoms with Crippen molar-refractivity contribution in [2.45, 2.75) is 18.4 Å². The minimum Gasteiger partial charge on any atom is -0.493 e. The first-order valence-corrected chi connectivity index (χ1v) is 11.6. The first kappa shape index (κ1) is 26.5. The number of hydrogen-bond donors (Lipinski definition) is 0. The highest BCUT2D eigenvalue weighted by atomic mass is 19.1. The van der Waals surface area contributed by atoms with Gasteiger partial charge in [0.05, 0.1) is 6.61 Å². The van der Waals surface area contributed by atoms with E-state index in [0.717, 1.165) is 5.56 Å². The Kier molecular flexibility index (Phi) is 8.45.